The van der Waals surface area contributed by atoms with Crippen LogP contribution >= 0.6 is 0 Å². The number of nitrogens with one attached hydrogen (secondary N) is 2. The Kier molecular flexibility index (Phi) is 10.9. The number of ether oxygens (including phenoxy) is 1. The van der Waals surface area contributed by atoms with E-state index in [1.165, 1.54) is 25.5 Å². The molecule has 248 valence electrons. The van der Waals surface area contributed by atoms with E-state index >= 15 is 0 Å². The standard InChI is InChI=1S/C34H46FN7O4/c35-30-6-5-26(22-31-27-3-1-2-4-28(27)33(44)38-37-31)21-29(30)34(45)42-17-15-41(16-18-42)32(43)24-46-20-19-39-11-7-25(8-12-39)23-40-13-9-36-10-14-40/h1-6,21,25,33,36,38,44H,7-20,22-24H2. The molecule has 3 fully saturated rings. The number of nitrogens with zero attached hydrogens (tertiary/aromatic N) is 5. The van der Waals surface area contributed by atoms with Gasteiger partial charge < -0.3 is 34.8 Å². The van der Waals surface area contributed by atoms with Crippen molar-refractivity contribution in [2.24, 2.45) is 11.0 Å². The van der Waals surface area contributed by atoms with Gasteiger partial charge in [-0.05, 0) is 49.5 Å². The zero-order valence-corrected chi connectivity index (χ0v) is 26.5. The first-order valence-corrected chi connectivity index (χ1v) is 16.6. The second kappa shape index (κ2) is 15.4. The molecule has 0 aliphatic carbocycles. The zero-order valence-electron chi connectivity index (χ0n) is 26.5. The Balaban J connectivity index is 0.913. The molecular formula is C34H46FN7O4. The maximum atomic E-state index is 14.9. The van der Waals surface area contributed by atoms with Gasteiger partial charge in [-0.15, -0.1) is 0 Å². The van der Waals surface area contributed by atoms with Crippen LogP contribution in [0.4, 0.5) is 4.39 Å². The van der Waals surface area contributed by atoms with Gasteiger partial charge in [0.05, 0.1) is 17.9 Å². The first-order valence-electron chi connectivity index (χ1n) is 16.6. The maximum Gasteiger partial charge on any atom is 0.256 e. The molecule has 2 amide bonds. The molecule has 11 nitrogen and oxygen atoms in total. The molecule has 0 radical (unpaired) electrons. The Labute approximate surface area is 270 Å². The number of piperidine rings is 1. The minimum absolute atomic E-state index is 0.00567. The number of likely N-dealkylation sites (tertiary alicyclic amines) is 1. The number of benzene rings is 2. The van der Waals surface area contributed by atoms with Crippen LogP contribution < -0.4 is 10.7 Å². The third kappa shape index (κ3) is 8.10. The monoisotopic (exact) mass is 635 g/mol. The van der Waals surface area contributed by atoms with Crippen LogP contribution in [0.15, 0.2) is 47.6 Å². The number of carbonyl (C=O) groups is 2. The van der Waals surface area contributed by atoms with Gasteiger partial charge in [0.2, 0.25) is 5.91 Å². The number of piperazine rings is 2. The fraction of sp³-hybridized carbons (Fsp3) is 0.559. The third-order valence-electron chi connectivity index (χ3n) is 9.65. The first kappa shape index (κ1) is 32.5. The molecule has 1 unspecified atom stereocenters. The van der Waals surface area contributed by atoms with Crippen molar-refractivity contribution in [2.45, 2.75) is 25.5 Å². The molecule has 46 heavy (non-hydrogen) atoms. The van der Waals surface area contributed by atoms with Crippen molar-refractivity contribution in [1.82, 2.24) is 30.3 Å². The Morgan fingerprint density at radius 3 is 2.46 bits per heavy atom. The van der Waals surface area contributed by atoms with E-state index < -0.39 is 12.0 Å². The van der Waals surface area contributed by atoms with Crippen LogP contribution in [0.1, 0.15) is 46.1 Å². The van der Waals surface area contributed by atoms with E-state index in [4.69, 9.17) is 4.74 Å². The average Bonchev–Trinajstić information content (AvgIpc) is 3.09. The molecule has 12 heteroatoms. The Morgan fingerprint density at radius 1 is 0.935 bits per heavy atom. The van der Waals surface area contributed by atoms with Gasteiger partial charge >= 0.3 is 0 Å². The van der Waals surface area contributed by atoms with E-state index in [0.29, 0.717) is 44.9 Å². The van der Waals surface area contributed by atoms with Crippen molar-refractivity contribution >= 4 is 17.5 Å². The molecular weight excluding hydrogens is 589 g/mol. The molecule has 0 spiro atoms. The summed E-state index contributed by atoms with van der Waals surface area (Å²) in [6.07, 6.45) is 1.91. The lowest BCUT2D eigenvalue weighted by atomic mass is 9.95. The summed E-state index contributed by atoms with van der Waals surface area (Å²) >= 11 is 0. The molecule has 4 aliphatic heterocycles. The third-order valence-corrected chi connectivity index (χ3v) is 9.65. The molecule has 0 saturated carbocycles. The second-order valence-electron chi connectivity index (χ2n) is 12.7. The predicted octanol–water partition coefficient (Wildman–Crippen LogP) is 1.28. The summed E-state index contributed by atoms with van der Waals surface area (Å²) in [6, 6.07) is 12.0. The summed E-state index contributed by atoms with van der Waals surface area (Å²) in [5.41, 5.74) is 5.70. The van der Waals surface area contributed by atoms with Crippen molar-refractivity contribution in [3.05, 3.63) is 70.5 Å². The maximum absolute atomic E-state index is 14.9. The largest absolute Gasteiger partial charge is 0.370 e. The van der Waals surface area contributed by atoms with Crippen LogP contribution in [0, 0.1) is 11.7 Å². The summed E-state index contributed by atoms with van der Waals surface area (Å²) in [4.78, 5) is 34.5. The van der Waals surface area contributed by atoms with E-state index in [1.54, 1.807) is 21.9 Å². The minimum Gasteiger partial charge on any atom is -0.370 e. The van der Waals surface area contributed by atoms with Crippen LogP contribution in [0.25, 0.3) is 0 Å². The number of hydrogen-bond donors (Lipinski definition) is 3. The van der Waals surface area contributed by atoms with E-state index in [-0.39, 0.29) is 24.0 Å². The lowest BCUT2D eigenvalue weighted by Crippen LogP contribution is -2.51. The van der Waals surface area contributed by atoms with E-state index in [1.807, 2.05) is 24.3 Å². The minimum atomic E-state index is -0.886. The highest BCUT2D eigenvalue weighted by molar-refractivity contribution is 6.04. The van der Waals surface area contributed by atoms with Crippen molar-refractivity contribution in [2.75, 3.05) is 91.8 Å². The van der Waals surface area contributed by atoms with E-state index in [2.05, 4.69) is 25.6 Å². The van der Waals surface area contributed by atoms with Crippen LogP contribution in [0.5, 0.6) is 0 Å². The summed E-state index contributed by atoms with van der Waals surface area (Å²) < 4.78 is 20.6. The fourth-order valence-corrected chi connectivity index (χ4v) is 6.87. The van der Waals surface area contributed by atoms with Gasteiger partial charge in [-0.2, -0.15) is 5.10 Å². The number of fused-ring (bicyclic) bond motifs is 1. The number of rotatable bonds is 10. The molecule has 0 aromatic heterocycles. The Bertz CT molecular complexity index is 1390. The van der Waals surface area contributed by atoms with Crippen molar-refractivity contribution in [3.63, 3.8) is 0 Å². The van der Waals surface area contributed by atoms with Crippen molar-refractivity contribution in [1.29, 1.82) is 0 Å². The topological polar surface area (TPSA) is 113 Å². The van der Waals surface area contributed by atoms with Gasteiger partial charge in [-0.25, -0.2) is 4.39 Å². The summed E-state index contributed by atoms with van der Waals surface area (Å²) in [6.45, 7) is 10.7. The average molecular weight is 636 g/mol. The van der Waals surface area contributed by atoms with Gasteiger partial charge in [-0.1, -0.05) is 30.3 Å². The molecule has 3 N–H and O–H groups in total. The molecule has 0 bridgehead atoms. The SMILES string of the molecule is O=C(COCCN1CCC(CN2CCNCC2)CC1)N1CCN(C(=O)c2cc(CC3=NNC(O)c4ccccc43)ccc2F)CC1. The molecule has 6 rings (SSSR count). The van der Waals surface area contributed by atoms with Crippen molar-refractivity contribution in [3.8, 4) is 0 Å². The van der Waals surface area contributed by atoms with E-state index in [9.17, 15) is 19.1 Å². The van der Waals surface area contributed by atoms with Crippen LogP contribution in [-0.4, -0.2) is 134 Å². The van der Waals surface area contributed by atoms with Gasteiger partial charge in [0.1, 0.15) is 12.4 Å². The summed E-state index contributed by atoms with van der Waals surface area (Å²) in [5.74, 6) is -0.281. The number of halogens is 1. The zero-order chi connectivity index (χ0) is 31.9. The number of hydrogen-bond acceptors (Lipinski definition) is 9. The molecule has 4 aliphatic rings. The number of aliphatic hydroxyl groups excluding tert-OH is 1. The van der Waals surface area contributed by atoms with Crippen LogP contribution in [-0.2, 0) is 16.0 Å². The molecule has 2 aromatic carbocycles. The highest BCUT2D eigenvalue weighted by atomic mass is 19.1. The smallest absolute Gasteiger partial charge is 0.256 e. The van der Waals surface area contributed by atoms with Gasteiger partial charge in [-0.3, -0.25) is 15.0 Å². The Morgan fingerprint density at radius 2 is 1.67 bits per heavy atom. The number of carbonyl (C=O) groups excluding carboxylic acids is 2. The summed E-state index contributed by atoms with van der Waals surface area (Å²) in [5, 5.41) is 17.9. The number of aliphatic hydroxyl groups is 1. The molecule has 4 heterocycles. The molecule has 3 saturated heterocycles. The molecule has 2 aromatic rings. The highest BCUT2D eigenvalue weighted by Gasteiger charge is 2.28. The van der Waals surface area contributed by atoms with Gasteiger partial charge in [0, 0.05) is 83.0 Å². The van der Waals surface area contributed by atoms with Gasteiger partial charge in [0.15, 0.2) is 6.23 Å². The fourth-order valence-electron chi connectivity index (χ4n) is 6.87. The number of hydrazone groups is 1. The lowest BCUT2D eigenvalue weighted by molar-refractivity contribution is -0.137. The molecule has 1 atom stereocenters. The van der Waals surface area contributed by atoms with E-state index in [0.717, 1.165) is 68.4 Å². The first-order chi connectivity index (χ1) is 22.4. The lowest BCUT2D eigenvalue weighted by Gasteiger charge is -2.36. The van der Waals surface area contributed by atoms with Crippen LogP contribution in [0.3, 0.4) is 0 Å². The quantitative estimate of drug-likeness (QED) is 0.335. The van der Waals surface area contributed by atoms with Crippen molar-refractivity contribution < 1.29 is 23.8 Å². The number of amides is 2. The highest BCUT2D eigenvalue weighted by Crippen LogP contribution is 2.24. The normalized spacial score (nSPS) is 21.4. The van der Waals surface area contributed by atoms with Crippen LogP contribution in [0.2, 0.25) is 0 Å². The summed E-state index contributed by atoms with van der Waals surface area (Å²) in [7, 11) is 0. The van der Waals surface area contributed by atoms with Gasteiger partial charge in [0.25, 0.3) is 5.91 Å². The predicted molar refractivity (Wildman–Crippen MR) is 173 cm³/mol. The second-order valence-corrected chi connectivity index (χ2v) is 12.7. The Hall–Kier alpha value is -3.42.